The first-order valence-electron chi connectivity index (χ1n) is 8.87. The largest absolute Gasteiger partial charge is 0.469 e. The minimum Gasteiger partial charge on any atom is -0.469 e. The molecular formula is C20H28O4. The predicted octanol–water partition coefficient (Wildman–Crippen LogP) is 4.25. The fourth-order valence-corrected chi connectivity index (χ4v) is 4.57. The zero-order chi connectivity index (χ0) is 17.7. The smallest absolute Gasteiger partial charge is 0.334 e. The highest BCUT2D eigenvalue weighted by molar-refractivity contribution is 5.87. The van der Waals surface area contributed by atoms with E-state index in [0.717, 1.165) is 29.7 Å². The van der Waals surface area contributed by atoms with Crippen LogP contribution >= 0.6 is 0 Å². The van der Waals surface area contributed by atoms with Crippen LogP contribution in [0, 0.1) is 18.3 Å². The average Bonchev–Trinajstić information content (AvgIpc) is 2.89. The Labute approximate surface area is 143 Å². The second kappa shape index (κ2) is 5.76. The number of hydrogen-bond acceptors (Lipinski definition) is 4. The molecule has 1 aromatic rings. The highest BCUT2D eigenvalue weighted by Crippen LogP contribution is 2.61. The van der Waals surface area contributed by atoms with Gasteiger partial charge in [-0.25, -0.2) is 4.79 Å². The molecule has 4 unspecified atom stereocenters. The van der Waals surface area contributed by atoms with E-state index in [-0.39, 0.29) is 11.9 Å². The van der Waals surface area contributed by atoms with Crippen LogP contribution in [0.2, 0.25) is 0 Å². The molecule has 0 radical (unpaired) electrons. The highest BCUT2D eigenvalue weighted by atomic mass is 16.5. The van der Waals surface area contributed by atoms with Gasteiger partial charge in [0.2, 0.25) is 0 Å². The molecular weight excluding hydrogens is 304 g/mol. The minimum absolute atomic E-state index is 0.252. The van der Waals surface area contributed by atoms with Crippen LogP contribution in [-0.2, 0) is 16.0 Å². The Bertz CT molecular complexity index is 686. The number of aliphatic hydroxyl groups is 1. The number of hydrogen-bond donors (Lipinski definition) is 1. The van der Waals surface area contributed by atoms with Gasteiger partial charge in [0.1, 0.15) is 11.9 Å². The number of fused-ring (bicyclic) bond motifs is 2. The van der Waals surface area contributed by atoms with E-state index >= 15 is 0 Å². The van der Waals surface area contributed by atoms with E-state index in [4.69, 9.17) is 9.15 Å². The van der Waals surface area contributed by atoms with Crippen LogP contribution < -0.4 is 0 Å². The predicted molar refractivity (Wildman–Crippen MR) is 91.5 cm³/mol. The Morgan fingerprint density at radius 2 is 2.21 bits per heavy atom. The Hall–Kier alpha value is -1.55. The number of esters is 1. The maximum atomic E-state index is 12.5. The molecule has 2 aliphatic carbocycles. The molecule has 1 fully saturated rings. The van der Waals surface area contributed by atoms with Crippen LogP contribution in [-0.4, -0.2) is 16.7 Å². The van der Waals surface area contributed by atoms with Crippen LogP contribution in [0.15, 0.2) is 22.3 Å². The second-order valence-corrected chi connectivity index (χ2v) is 7.80. The lowest BCUT2D eigenvalue weighted by molar-refractivity contribution is -0.210. The average molecular weight is 332 g/mol. The first-order valence-corrected chi connectivity index (χ1v) is 8.87. The summed E-state index contributed by atoms with van der Waals surface area (Å²) in [5.41, 5.74) is 1.10. The fourth-order valence-electron chi connectivity index (χ4n) is 4.57. The SMILES string of the molecule is CC=C(C)C(=O)OC1c2c(C)coc2CC2(O)CCCC(C)C12C. The lowest BCUT2D eigenvalue weighted by Crippen LogP contribution is -2.60. The van der Waals surface area contributed by atoms with Crippen molar-refractivity contribution in [2.45, 2.75) is 72.0 Å². The van der Waals surface area contributed by atoms with Gasteiger partial charge in [0.05, 0.1) is 11.9 Å². The summed E-state index contributed by atoms with van der Waals surface area (Å²) in [5, 5.41) is 11.5. The summed E-state index contributed by atoms with van der Waals surface area (Å²) in [7, 11) is 0. The summed E-state index contributed by atoms with van der Waals surface area (Å²) in [6, 6.07) is 0. The normalized spacial score (nSPS) is 36.0. The van der Waals surface area contributed by atoms with Gasteiger partial charge in [0, 0.05) is 23.0 Å². The molecule has 0 amide bonds. The number of allylic oxidation sites excluding steroid dienone is 1. The van der Waals surface area contributed by atoms with Crippen molar-refractivity contribution in [3.8, 4) is 0 Å². The molecule has 0 spiro atoms. The van der Waals surface area contributed by atoms with E-state index in [1.54, 1.807) is 19.3 Å². The fraction of sp³-hybridized carbons (Fsp3) is 0.650. The lowest BCUT2D eigenvalue weighted by atomic mass is 9.51. The van der Waals surface area contributed by atoms with Gasteiger partial charge in [0.25, 0.3) is 0 Å². The molecule has 0 saturated heterocycles. The third-order valence-electron chi connectivity index (χ3n) is 6.60. The van der Waals surface area contributed by atoms with Gasteiger partial charge in [-0.3, -0.25) is 0 Å². The van der Waals surface area contributed by atoms with E-state index in [1.165, 1.54) is 0 Å². The van der Waals surface area contributed by atoms with Gasteiger partial charge in [-0.05, 0) is 45.1 Å². The van der Waals surface area contributed by atoms with Crippen molar-refractivity contribution in [1.82, 2.24) is 0 Å². The zero-order valence-corrected chi connectivity index (χ0v) is 15.3. The second-order valence-electron chi connectivity index (χ2n) is 7.80. The third-order valence-corrected chi connectivity index (χ3v) is 6.60. The summed E-state index contributed by atoms with van der Waals surface area (Å²) in [6.45, 7) is 9.80. The zero-order valence-electron chi connectivity index (χ0n) is 15.3. The summed E-state index contributed by atoms with van der Waals surface area (Å²) >= 11 is 0. The molecule has 4 atom stereocenters. The number of carbonyl (C=O) groups is 1. The first-order chi connectivity index (χ1) is 11.2. The molecule has 2 aliphatic rings. The van der Waals surface area contributed by atoms with Gasteiger partial charge in [-0.2, -0.15) is 0 Å². The number of ether oxygens (including phenoxy) is 1. The van der Waals surface area contributed by atoms with Gasteiger partial charge >= 0.3 is 5.97 Å². The summed E-state index contributed by atoms with van der Waals surface area (Å²) < 4.78 is 11.7. The third kappa shape index (κ3) is 2.26. The van der Waals surface area contributed by atoms with E-state index in [0.29, 0.717) is 18.4 Å². The van der Waals surface area contributed by atoms with Crippen molar-refractivity contribution in [2.24, 2.45) is 11.3 Å². The number of carbonyl (C=O) groups excluding carboxylic acids is 1. The van der Waals surface area contributed by atoms with Crippen molar-refractivity contribution in [1.29, 1.82) is 0 Å². The van der Waals surface area contributed by atoms with Crippen LogP contribution in [0.25, 0.3) is 0 Å². The molecule has 0 bridgehead atoms. The molecule has 3 rings (SSSR count). The van der Waals surface area contributed by atoms with E-state index in [9.17, 15) is 9.90 Å². The quantitative estimate of drug-likeness (QED) is 0.649. The van der Waals surface area contributed by atoms with Gasteiger partial charge in [-0.1, -0.05) is 26.3 Å². The molecule has 1 N–H and O–H groups in total. The van der Waals surface area contributed by atoms with Crippen molar-refractivity contribution in [3.05, 3.63) is 34.8 Å². The maximum absolute atomic E-state index is 12.5. The minimum atomic E-state index is -0.906. The number of rotatable bonds is 2. The Balaban J connectivity index is 2.13. The molecule has 24 heavy (non-hydrogen) atoms. The number of aryl methyl sites for hydroxylation is 1. The lowest BCUT2D eigenvalue weighted by Gasteiger charge is -2.57. The van der Waals surface area contributed by atoms with Crippen molar-refractivity contribution in [2.75, 3.05) is 0 Å². The maximum Gasteiger partial charge on any atom is 0.334 e. The van der Waals surface area contributed by atoms with Crippen molar-refractivity contribution >= 4 is 5.97 Å². The van der Waals surface area contributed by atoms with Crippen molar-refractivity contribution < 1.29 is 19.1 Å². The Morgan fingerprint density at radius 1 is 1.50 bits per heavy atom. The molecule has 4 heteroatoms. The number of furan rings is 1. The standard InChI is InChI=1S/C20H28O4/c1-6-12(2)18(21)24-17-16-13(3)11-23-15(16)10-20(22)9-7-8-14(4)19(17,20)5/h6,11,14,17,22H,7-10H2,1-5H3. The molecule has 4 nitrogen and oxygen atoms in total. The first kappa shape index (κ1) is 17.3. The molecule has 1 aromatic heterocycles. The molecule has 0 aliphatic heterocycles. The van der Waals surface area contributed by atoms with E-state index in [1.807, 2.05) is 13.8 Å². The summed E-state index contributed by atoms with van der Waals surface area (Å²) in [6.07, 6.45) is 6.20. The molecule has 0 aromatic carbocycles. The van der Waals surface area contributed by atoms with E-state index in [2.05, 4.69) is 13.8 Å². The molecule has 1 saturated carbocycles. The van der Waals surface area contributed by atoms with Gasteiger partial charge < -0.3 is 14.3 Å². The molecule has 132 valence electrons. The van der Waals surface area contributed by atoms with Gasteiger partial charge in [-0.15, -0.1) is 0 Å². The van der Waals surface area contributed by atoms with Crippen LogP contribution in [0.1, 0.15) is 69.9 Å². The van der Waals surface area contributed by atoms with Gasteiger partial charge in [0.15, 0.2) is 0 Å². The topological polar surface area (TPSA) is 59.7 Å². The van der Waals surface area contributed by atoms with Crippen LogP contribution in [0.4, 0.5) is 0 Å². The van der Waals surface area contributed by atoms with Crippen LogP contribution in [0.5, 0.6) is 0 Å². The monoisotopic (exact) mass is 332 g/mol. The molecule has 1 heterocycles. The highest BCUT2D eigenvalue weighted by Gasteiger charge is 2.62. The van der Waals surface area contributed by atoms with Crippen LogP contribution in [0.3, 0.4) is 0 Å². The van der Waals surface area contributed by atoms with E-state index < -0.39 is 17.1 Å². The Morgan fingerprint density at radius 3 is 2.88 bits per heavy atom. The summed E-state index contributed by atoms with van der Waals surface area (Å²) in [5.74, 6) is 0.692. The van der Waals surface area contributed by atoms with Crippen molar-refractivity contribution in [3.63, 3.8) is 0 Å². The summed E-state index contributed by atoms with van der Waals surface area (Å²) in [4.78, 5) is 12.5. The Kier molecular flexibility index (Phi) is 4.15.